The molecular formula is C22H22N2OS. The van der Waals surface area contributed by atoms with Gasteiger partial charge in [-0.25, -0.2) is 4.98 Å². The van der Waals surface area contributed by atoms with Gasteiger partial charge >= 0.3 is 0 Å². The van der Waals surface area contributed by atoms with E-state index < -0.39 is 0 Å². The molecule has 2 heterocycles. The lowest BCUT2D eigenvalue weighted by Crippen LogP contribution is -2.34. The van der Waals surface area contributed by atoms with Crippen molar-refractivity contribution in [1.82, 2.24) is 9.88 Å². The highest BCUT2D eigenvalue weighted by atomic mass is 32.1. The van der Waals surface area contributed by atoms with Crippen LogP contribution < -0.4 is 0 Å². The summed E-state index contributed by atoms with van der Waals surface area (Å²) < 4.78 is 1.23. The molecule has 1 aliphatic rings. The van der Waals surface area contributed by atoms with Gasteiger partial charge in [0.1, 0.15) is 0 Å². The molecule has 0 atom stereocenters. The van der Waals surface area contributed by atoms with E-state index in [0.717, 1.165) is 42.9 Å². The Labute approximate surface area is 158 Å². The molecule has 0 fully saturated rings. The SMILES string of the molecule is O=C(CCCc1nc2ccccc2s1)N1CC=C(c2ccccc2)CC1. The van der Waals surface area contributed by atoms with Gasteiger partial charge in [-0.1, -0.05) is 48.5 Å². The Morgan fingerprint density at radius 2 is 1.88 bits per heavy atom. The molecule has 0 saturated heterocycles. The Hall–Kier alpha value is -2.46. The van der Waals surface area contributed by atoms with Crippen molar-refractivity contribution in [2.45, 2.75) is 25.7 Å². The molecule has 0 aliphatic carbocycles. The van der Waals surface area contributed by atoms with E-state index in [-0.39, 0.29) is 5.91 Å². The first-order valence-corrected chi connectivity index (χ1v) is 9.98. The van der Waals surface area contributed by atoms with E-state index in [0.29, 0.717) is 6.42 Å². The van der Waals surface area contributed by atoms with E-state index in [4.69, 9.17) is 0 Å². The summed E-state index contributed by atoms with van der Waals surface area (Å²) in [5.74, 6) is 0.259. The number of thiazole rings is 1. The van der Waals surface area contributed by atoms with Crippen LogP contribution >= 0.6 is 11.3 Å². The van der Waals surface area contributed by atoms with Gasteiger partial charge < -0.3 is 4.90 Å². The smallest absolute Gasteiger partial charge is 0.222 e. The minimum absolute atomic E-state index is 0.259. The number of benzene rings is 2. The van der Waals surface area contributed by atoms with Crippen molar-refractivity contribution in [2.75, 3.05) is 13.1 Å². The molecule has 0 radical (unpaired) electrons. The Morgan fingerprint density at radius 3 is 2.65 bits per heavy atom. The Balaban J connectivity index is 1.28. The first-order chi connectivity index (χ1) is 12.8. The van der Waals surface area contributed by atoms with Crippen LogP contribution in [0.2, 0.25) is 0 Å². The number of nitrogens with zero attached hydrogens (tertiary/aromatic N) is 2. The number of carbonyl (C=O) groups is 1. The number of carbonyl (C=O) groups excluding carboxylic acids is 1. The summed E-state index contributed by atoms with van der Waals surface area (Å²) in [6.45, 7) is 1.55. The Kier molecular flexibility index (Phi) is 5.12. The van der Waals surface area contributed by atoms with Crippen molar-refractivity contribution in [3.05, 3.63) is 71.2 Å². The summed E-state index contributed by atoms with van der Waals surface area (Å²) in [5, 5.41) is 1.13. The normalized spacial score (nSPS) is 14.5. The lowest BCUT2D eigenvalue weighted by Gasteiger charge is -2.26. The lowest BCUT2D eigenvalue weighted by molar-refractivity contribution is -0.130. The van der Waals surface area contributed by atoms with Crippen LogP contribution in [0.25, 0.3) is 15.8 Å². The molecule has 1 amide bonds. The number of para-hydroxylation sites is 1. The van der Waals surface area contributed by atoms with Gasteiger partial charge in [0.25, 0.3) is 0 Å². The van der Waals surface area contributed by atoms with Crippen LogP contribution in [0.1, 0.15) is 29.8 Å². The third-order valence-electron chi connectivity index (χ3n) is 4.83. The Bertz CT molecular complexity index is 896. The fraction of sp³-hybridized carbons (Fsp3) is 0.273. The van der Waals surface area contributed by atoms with Gasteiger partial charge in [0.05, 0.1) is 15.2 Å². The van der Waals surface area contributed by atoms with E-state index in [1.165, 1.54) is 15.8 Å². The van der Waals surface area contributed by atoms with E-state index in [1.54, 1.807) is 11.3 Å². The molecular weight excluding hydrogens is 340 g/mol. The lowest BCUT2D eigenvalue weighted by atomic mass is 9.99. The molecule has 4 heteroatoms. The first-order valence-electron chi connectivity index (χ1n) is 9.16. The molecule has 0 saturated carbocycles. The summed E-state index contributed by atoms with van der Waals surface area (Å²) in [7, 11) is 0. The zero-order valence-corrected chi connectivity index (χ0v) is 15.5. The number of aryl methyl sites for hydroxylation is 1. The molecule has 3 aromatic rings. The van der Waals surface area contributed by atoms with Crippen LogP contribution in [0.4, 0.5) is 0 Å². The minimum Gasteiger partial charge on any atom is -0.339 e. The maximum Gasteiger partial charge on any atom is 0.222 e. The van der Waals surface area contributed by atoms with Gasteiger partial charge in [0.15, 0.2) is 0 Å². The number of hydrogen-bond acceptors (Lipinski definition) is 3. The predicted molar refractivity (Wildman–Crippen MR) is 108 cm³/mol. The third-order valence-corrected chi connectivity index (χ3v) is 5.92. The van der Waals surface area contributed by atoms with Gasteiger partial charge in [-0.15, -0.1) is 11.3 Å². The zero-order valence-electron chi connectivity index (χ0n) is 14.7. The molecule has 2 aromatic carbocycles. The van der Waals surface area contributed by atoms with Crippen molar-refractivity contribution in [3.63, 3.8) is 0 Å². The van der Waals surface area contributed by atoms with E-state index in [1.807, 2.05) is 29.2 Å². The fourth-order valence-electron chi connectivity index (χ4n) is 3.39. The molecule has 4 rings (SSSR count). The molecule has 0 N–H and O–H groups in total. The summed E-state index contributed by atoms with van der Waals surface area (Å²) in [4.78, 5) is 19.1. The second kappa shape index (κ2) is 7.83. The monoisotopic (exact) mass is 362 g/mol. The van der Waals surface area contributed by atoms with Crippen LogP contribution in [0.15, 0.2) is 60.7 Å². The molecule has 132 valence electrons. The summed E-state index contributed by atoms with van der Waals surface area (Å²) in [6, 6.07) is 18.7. The zero-order chi connectivity index (χ0) is 17.8. The third kappa shape index (κ3) is 3.86. The van der Waals surface area contributed by atoms with Crippen LogP contribution in [0.5, 0.6) is 0 Å². The van der Waals surface area contributed by atoms with Crippen LogP contribution in [0.3, 0.4) is 0 Å². The summed E-state index contributed by atoms with van der Waals surface area (Å²) in [5.41, 5.74) is 3.69. The van der Waals surface area contributed by atoms with Gasteiger partial charge in [-0.3, -0.25) is 4.79 Å². The molecule has 0 bridgehead atoms. The molecule has 0 spiro atoms. The molecule has 1 aliphatic heterocycles. The topological polar surface area (TPSA) is 33.2 Å². The maximum absolute atomic E-state index is 12.5. The summed E-state index contributed by atoms with van der Waals surface area (Å²) in [6.07, 6.45) is 5.48. The average Bonchev–Trinajstić information content (AvgIpc) is 3.11. The van der Waals surface area contributed by atoms with E-state index in [9.17, 15) is 4.79 Å². The number of rotatable bonds is 5. The van der Waals surface area contributed by atoms with Gasteiger partial charge in [0, 0.05) is 19.5 Å². The average molecular weight is 362 g/mol. The molecule has 26 heavy (non-hydrogen) atoms. The largest absolute Gasteiger partial charge is 0.339 e. The second-order valence-corrected chi connectivity index (χ2v) is 7.73. The van der Waals surface area contributed by atoms with Crippen LogP contribution in [-0.4, -0.2) is 28.9 Å². The minimum atomic E-state index is 0.259. The Morgan fingerprint density at radius 1 is 1.08 bits per heavy atom. The van der Waals surface area contributed by atoms with Crippen molar-refractivity contribution < 1.29 is 4.79 Å². The highest BCUT2D eigenvalue weighted by Crippen LogP contribution is 2.24. The maximum atomic E-state index is 12.5. The van der Waals surface area contributed by atoms with Gasteiger partial charge in [-0.2, -0.15) is 0 Å². The molecule has 1 aromatic heterocycles. The quantitative estimate of drug-likeness (QED) is 0.644. The summed E-state index contributed by atoms with van der Waals surface area (Å²) >= 11 is 1.74. The standard InChI is InChI=1S/C22H22N2OS/c25-22(12-6-11-21-23-19-9-4-5-10-20(19)26-21)24-15-13-18(14-16-24)17-7-2-1-3-8-17/h1-5,7-10,13H,6,11-12,14-16H2. The predicted octanol–water partition coefficient (Wildman–Crippen LogP) is 4.93. The fourth-order valence-corrected chi connectivity index (χ4v) is 4.40. The number of aromatic nitrogens is 1. The number of fused-ring (bicyclic) bond motifs is 1. The number of amides is 1. The van der Waals surface area contributed by atoms with Gasteiger partial charge in [-0.05, 0) is 42.5 Å². The van der Waals surface area contributed by atoms with E-state index >= 15 is 0 Å². The van der Waals surface area contributed by atoms with Crippen LogP contribution in [-0.2, 0) is 11.2 Å². The second-order valence-electron chi connectivity index (χ2n) is 6.61. The van der Waals surface area contributed by atoms with E-state index in [2.05, 4.69) is 41.4 Å². The first kappa shape index (κ1) is 17.0. The molecule has 0 unspecified atom stereocenters. The van der Waals surface area contributed by atoms with Gasteiger partial charge in [0.2, 0.25) is 5.91 Å². The van der Waals surface area contributed by atoms with Crippen molar-refractivity contribution in [2.24, 2.45) is 0 Å². The van der Waals surface area contributed by atoms with Crippen LogP contribution in [0, 0.1) is 0 Å². The number of hydrogen-bond donors (Lipinski definition) is 0. The highest BCUT2D eigenvalue weighted by molar-refractivity contribution is 7.18. The molecule has 3 nitrogen and oxygen atoms in total. The van der Waals surface area contributed by atoms with Crippen molar-refractivity contribution in [3.8, 4) is 0 Å². The highest BCUT2D eigenvalue weighted by Gasteiger charge is 2.17. The van der Waals surface area contributed by atoms with Crippen molar-refractivity contribution in [1.29, 1.82) is 0 Å². The van der Waals surface area contributed by atoms with Crippen molar-refractivity contribution >= 4 is 33.0 Å².